The summed E-state index contributed by atoms with van der Waals surface area (Å²) in [6.07, 6.45) is 2.78. The Morgan fingerprint density at radius 1 is 1.15 bits per heavy atom. The Labute approximate surface area is 162 Å². The number of benzene rings is 1. The lowest BCUT2D eigenvalue weighted by Gasteiger charge is -2.31. The summed E-state index contributed by atoms with van der Waals surface area (Å²) in [5.41, 5.74) is 0. The second-order valence-electron chi connectivity index (χ2n) is 7.00. The molecule has 1 aliphatic carbocycles. The molecule has 7 nitrogen and oxygen atoms in total. The third-order valence-corrected chi connectivity index (χ3v) is 6.58. The average Bonchev–Trinajstić information content (AvgIpc) is 2.70. The van der Waals surface area contributed by atoms with E-state index in [0.29, 0.717) is 13.1 Å². The summed E-state index contributed by atoms with van der Waals surface area (Å²) < 4.78 is 37.6. The van der Waals surface area contributed by atoms with Crippen LogP contribution in [-0.4, -0.2) is 59.9 Å². The summed E-state index contributed by atoms with van der Waals surface area (Å²) in [4.78, 5) is 14.5. The number of amides is 1. The van der Waals surface area contributed by atoms with E-state index in [9.17, 15) is 13.2 Å². The van der Waals surface area contributed by atoms with Crippen molar-refractivity contribution in [3.05, 3.63) is 30.3 Å². The van der Waals surface area contributed by atoms with Crippen molar-refractivity contribution in [3.63, 3.8) is 0 Å². The molecule has 1 amide bonds. The van der Waals surface area contributed by atoms with Gasteiger partial charge in [0.2, 0.25) is 15.9 Å². The number of methoxy groups -OCH3 is 2. The molecule has 0 unspecified atom stereocenters. The van der Waals surface area contributed by atoms with Crippen LogP contribution in [0.5, 0.6) is 0 Å². The number of hydrogen-bond acceptors (Lipinski definition) is 5. The van der Waals surface area contributed by atoms with Gasteiger partial charge >= 0.3 is 0 Å². The molecule has 27 heavy (non-hydrogen) atoms. The highest BCUT2D eigenvalue weighted by atomic mass is 32.2. The number of ether oxygens (including phenoxy) is 2. The SMILES string of the molecule is COC(CN(C)C(=O)C1CCC(CNS(=O)(=O)c2ccccc2)CC1)OC. The number of nitrogens with one attached hydrogen (secondary N) is 1. The predicted molar refractivity (Wildman–Crippen MR) is 103 cm³/mol. The highest BCUT2D eigenvalue weighted by molar-refractivity contribution is 7.89. The number of carbonyl (C=O) groups is 1. The van der Waals surface area contributed by atoms with Gasteiger partial charge in [0, 0.05) is 33.7 Å². The van der Waals surface area contributed by atoms with Crippen LogP contribution in [0.15, 0.2) is 35.2 Å². The first kappa shape index (κ1) is 21.8. The molecule has 1 saturated carbocycles. The number of rotatable bonds is 9. The van der Waals surface area contributed by atoms with Gasteiger partial charge in [-0.1, -0.05) is 18.2 Å². The van der Waals surface area contributed by atoms with Crippen molar-refractivity contribution in [1.82, 2.24) is 9.62 Å². The normalized spacial score (nSPS) is 20.6. The van der Waals surface area contributed by atoms with Crippen molar-refractivity contribution < 1.29 is 22.7 Å². The second kappa shape index (κ2) is 10.2. The molecule has 1 aromatic rings. The van der Waals surface area contributed by atoms with Gasteiger partial charge in [0.05, 0.1) is 11.4 Å². The minimum absolute atomic E-state index is 0.0219. The summed E-state index contributed by atoms with van der Waals surface area (Å²) in [5, 5.41) is 0. The Bertz CT molecular complexity index is 683. The van der Waals surface area contributed by atoms with E-state index >= 15 is 0 Å². The van der Waals surface area contributed by atoms with Gasteiger partial charge in [-0.3, -0.25) is 4.79 Å². The van der Waals surface area contributed by atoms with Crippen molar-refractivity contribution in [2.75, 3.05) is 34.4 Å². The molecule has 152 valence electrons. The van der Waals surface area contributed by atoms with E-state index in [-0.39, 0.29) is 22.6 Å². The number of sulfonamides is 1. The van der Waals surface area contributed by atoms with Crippen molar-refractivity contribution in [2.24, 2.45) is 11.8 Å². The molecular weight excluding hydrogens is 368 g/mol. The third kappa shape index (κ3) is 6.27. The maximum absolute atomic E-state index is 12.6. The van der Waals surface area contributed by atoms with Gasteiger partial charge < -0.3 is 14.4 Å². The summed E-state index contributed by atoms with van der Waals surface area (Å²) in [7, 11) is 1.38. The smallest absolute Gasteiger partial charge is 0.240 e. The summed E-state index contributed by atoms with van der Waals surface area (Å²) in [6.45, 7) is 0.798. The van der Waals surface area contributed by atoms with E-state index in [2.05, 4.69) is 4.72 Å². The van der Waals surface area contributed by atoms with Crippen LogP contribution >= 0.6 is 0 Å². The van der Waals surface area contributed by atoms with Gasteiger partial charge in [0.25, 0.3) is 0 Å². The maximum Gasteiger partial charge on any atom is 0.240 e. The zero-order valence-electron chi connectivity index (χ0n) is 16.3. The highest BCUT2D eigenvalue weighted by Gasteiger charge is 2.29. The first-order chi connectivity index (χ1) is 12.9. The Morgan fingerprint density at radius 3 is 2.30 bits per heavy atom. The summed E-state index contributed by atoms with van der Waals surface area (Å²) in [5.74, 6) is 0.326. The second-order valence-corrected chi connectivity index (χ2v) is 8.77. The molecule has 1 fully saturated rings. The Balaban J connectivity index is 1.79. The zero-order chi connectivity index (χ0) is 19.9. The molecule has 0 bridgehead atoms. The molecule has 0 aromatic heterocycles. The van der Waals surface area contributed by atoms with Crippen molar-refractivity contribution >= 4 is 15.9 Å². The van der Waals surface area contributed by atoms with Gasteiger partial charge in [-0.25, -0.2) is 13.1 Å². The largest absolute Gasteiger partial charge is 0.354 e. The monoisotopic (exact) mass is 398 g/mol. The molecule has 1 N–H and O–H groups in total. The topological polar surface area (TPSA) is 84.9 Å². The van der Waals surface area contributed by atoms with Crippen LogP contribution in [0.1, 0.15) is 25.7 Å². The van der Waals surface area contributed by atoms with Crippen molar-refractivity contribution in [1.29, 1.82) is 0 Å². The minimum atomic E-state index is -3.48. The molecule has 0 heterocycles. The van der Waals surface area contributed by atoms with Crippen LogP contribution in [-0.2, 0) is 24.3 Å². The molecule has 0 spiro atoms. The van der Waals surface area contributed by atoms with Crippen molar-refractivity contribution in [3.8, 4) is 0 Å². The first-order valence-electron chi connectivity index (χ1n) is 9.22. The molecule has 0 atom stereocenters. The quantitative estimate of drug-likeness (QED) is 0.642. The molecule has 0 saturated heterocycles. The van der Waals surface area contributed by atoms with Crippen LogP contribution in [0, 0.1) is 11.8 Å². The lowest BCUT2D eigenvalue weighted by atomic mass is 9.81. The number of likely N-dealkylation sites (N-methyl/N-ethyl adjacent to an activating group) is 1. The van der Waals surface area contributed by atoms with Gasteiger partial charge in [-0.15, -0.1) is 0 Å². The fourth-order valence-corrected chi connectivity index (χ4v) is 4.53. The Hall–Kier alpha value is -1.48. The molecule has 1 aliphatic rings. The number of nitrogens with zero attached hydrogens (tertiary/aromatic N) is 1. The fourth-order valence-electron chi connectivity index (χ4n) is 3.39. The minimum Gasteiger partial charge on any atom is -0.354 e. The predicted octanol–water partition coefficient (Wildman–Crippen LogP) is 1.85. The maximum atomic E-state index is 12.6. The molecule has 0 radical (unpaired) electrons. The van der Waals surface area contributed by atoms with Gasteiger partial charge in [-0.2, -0.15) is 0 Å². The number of carbonyl (C=O) groups excluding carboxylic acids is 1. The van der Waals surface area contributed by atoms with E-state index in [0.717, 1.165) is 25.7 Å². The summed E-state index contributed by atoms with van der Waals surface area (Å²) >= 11 is 0. The van der Waals surface area contributed by atoms with Crippen LogP contribution in [0.4, 0.5) is 0 Å². The van der Waals surface area contributed by atoms with Crippen LogP contribution < -0.4 is 4.72 Å². The molecule has 2 rings (SSSR count). The van der Waals surface area contributed by atoms with Crippen molar-refractivity contribution in [2.45, 2.75) is 36.9 Å². The molecular formula is C19H30N2O5S. The van der Waals surface area contributed by atoms with Gasteiger partial charge in [0.1, 0.15) is 0 Å². The van der Waals surface area contributed by atoms with E-state index < -0.39 is 16.3 Å². The van der Waals surface area contributed by atoms with Gasteiger partial charge in [0.15, 0.2) is 6.29 Å². The average molecular weight is 399 g/mol. The van der Waals surface area contributed by atoms with E-state index in [1.54, 1.807) is 56.5 Å². The first-order valence-corrected chi connectivity index (χ1v) is 10.7. The number of hydrogen-bond donors (Lipinski definition) is 1. The standard InChI is InChI=1S/C19H30N2O5S/c1-21(14-18(25-2)26-3)19(22)16-11-9-15(10-12-16)13-20-27(23,24)17-7-5-4-6-8-17/h4-8,15-16,18,20H,9-14H2,1-3H3. The lowest BCUT2D eigenvalue weighted by molar-refractivity contribution is -0.147. The molecule has 0 aliphatic heterocycles. The van der Waals surface area contributed by atoms with E-state index in [1.165, 1.54) is 0 Å². The third-order valence-electron chi connectivity index (χ3n) is 5.14. The summed E-state index contributed by atoms with van der Waals surface area (Å²) in [6, 6.07) is 8.37. The van der Waals surface area contributed by atoms with Crippen LogP contribution in [0.3, 0.4) is 0 Å². The zero-order valence-corrected chi connectivity index (χ0v) is 17.1. The molecule has 1 aromatic carbocycles. The van der Waals surface area contributed by atoms with Gasteiger partial charge in [-0.05, 0) is 43.7 Å². The van der Waals surface area contributed by atoms with Crippen LogP contribution in [0.2, 0.25) is 0 Å². The Morgan fingerprint density at radius 2 is 1.74 bits per heavy atom. The van der Waals surface area contributed by atoms with Crippen LogP contribution in [0.25, 0.3) is 0 Å². The van der Waals surface area contributed by atoms with E-state index in [4.69, 9.17) is 9.47 Å². The fraction of sp³-hybridized carbons (Fsp3) is 0.632. The molecule has 8 heteroatoms. The van der Waals surface area contributed by atoms with E-state index in [1.807, 2.05) is 0 Å². The highest BCUT2D eigenvalue weighted by Crippen LogP contribution is 2.30. The lowest BCUT2D eigenvalue weighted by Crippen LogP contribution is -2.41. The Kier molecular flexibility index (Phi) is 8.22.